The monoisotopic (exact) mass is 272 g/mol. The van der Waals surface area contributed by atoms with Crippen molar-refractivity contribution < 1.29 is 14.5 Å². The predicted octanol–water partition coefficient (Wildman–Crippen LogP) is 2.18. The van der Waals surface area contributed by atoms with Crippen LogP contribution in [0.4, 0.5) is 5.69 Å². The van der Waals surface area contributed by atoms with E-state index in [0.29, 0.717) is 30.4 Å². The number of benzene rings is 1. The van der Waals surface area contributed by atoms with E-state index in [1.165, 1.54) is 6.07 Å². The van der Waals surface area contributed by atoms with Crippen molar-refractivity contribution in [2.24, 2.45) is 0 Å². The summed E-state index contributed by atoms with van der Waals surface area (Å²) in [5, 5.41) is 20.0. The number of hydrogen-bond acceptors (Lipinski definition) is 5. The Balaban J connectivity index is 2.62. The van der Waals surface area contributed by atoms with Gasteiger partial charge in [-0.05, 0) is 24.5 Å². The van der Waals surface area contributed by atoms with Crippen molar-refractivity contribution in [2.45, 2.75) is 32.1 Å². The molecular formula is C14H12N2O4. The molecule has 0 aliphatic heterocycles. The first-order chi connectivity index (χ1) is 9.45. The third-order valence-corrected chi connectivity index (χ3v) is 3.48. The average molecular weight is 272 g/mol. The zero-order valence-corrected chi connectivity index (χ0v) is 10.9. The van der Waals surface area contributed by atoms with Gasteiger partial charge in [-0.25, -0.2) is 0 Å². The Bertz CT molecular complexity index is 642. The average Bonchev–Trinajstić information content (AvgIpc) is 2.39. The highest BCUT2D eigenvalue weighted by molar-refractivity contribution is 6.10. The van der Waals surface area contributed by atoms with Crippen molar-refractivity contribution in [3.05, 3.63) is 38.9 Å². The zero-order valence-electron chi connectivity index (χ0n) is 10.9. The van der Waals surface area contributed by atoms with Crippen LogP contribution >= 0.6 is 0 Å². The van der Waals surface area contributed by atoms with Gasteiger partial charge in [-0.1, -0.05) is 0 Å². The molecule has 102 valence electrons. The second-order valence-electron chi connectivity index (χ2n) is 4.81. The van der Waals surface area contributed by atoms with Crippen LogP contribution in [0.5, 0.6) is 0 Å². The van der Waals surface area contributed by atoms with Crippen LogP contribution in [-0.2, 0) is 9.59 Å². The molecule has 1 aliphatic carbocycles. The van der Waals surface area contributed by atoms with Crippen LogP contribution < -0.4 is 0 Å². The summed E-state index contributed by atoms with van der Waals surface area (Å²) in [4.78, 5) is 34.2. The van der Waals surface area contributed by atoms with Gasteiger partial charge in [0.2, 0.25) is 0 Å². The molecule has 0 unspecified atom stereocenters. The largest absolute Gasteiger partial charge is 0.299 e. The standard InChI is InChI=1S/C14H12N2O4/c1-8-5-10(16(19)20)6-9(7-15)13(8)14-11(17)3-2-4-12(14)18/h5-6,14H,2-4H2,1H3. The van der Waals surface area contributed by atoms with Crippen molar-refractivity contribution in [3.63, 3.8) is 0 Å². The molecule has 1 saturated carbocycles. The molecule has 1 aromatic rings. The third kappa shape index (κ3) is 2.30. The molecule has 0 spiro atoms. The van der Waals surface area contributed by atoms with E-state index in [4.69, 9.17) is 5.26 Å². The van der Waals surface area contributed by atoms with Gasteiger partial charge in [-0.15, -0.1) is 0 Å². The van der Waals surface area contributed by atoms with Crippen molar-refractivity contribution in [1.82, 2.24) is 0 Å². The number of non-ortho nitro benzene ring substituents is 1. The highest BCUT2D eigenvalue weighted by Crippen LogP contribution is 2.33. The number of hydrogen-bond donors (Lipinski definition) is 0. The molecule has 1 aromatic carbocycles. The van der Waals surface area contributed by atoms with E-state index >= 15 is 0 Å². The maximum atomic E-state index is 12.0. The van der Waals surface area contributed by atoms with Crippen molar-refractivity contribution >= 4 is 17.3 Å². The summed E-state index contributed by atoms with van der Waals surface area (Å²) in [5.41, 5.74) is 0.584. The molecule has 0 saturated heterocycles. The van der Waals surface area contributed by atoms with E-state index in [1.54, 1.807) is 6.92 Å². The first kappa shape index (κ1) is 13.9. The van der Waals surface area contributed by atoms with Crippen molar-refractivity contribution in [2.75, 3.05) is 0 Å². The lowest BCUT2D eigenvalue weighted by Gasteiger charge is -2.22. The molecule has 0 atom stereocenters. The van der Waals surface area contributed by atoms with Crippen LogP contribution in [0.2, 0.25) is 0 Å². The molecule has 0 radical (unpaired) electrons. The SMILES string of the molecule is Cc1cc([N+](=O)[O-])cc(C#N)c1C1C(=O)CCCC1=O. The van der Waals surface area contributed by atoms with Gasteiger partial charge in [0.15, 0.2) is 0 Å². The number of carbonyl (C=O) groups is 2. The van der Waals surface area contributed by atoms with Crippen LogP contribution in [0.1, 0.15) is 41.9 Å². The fourth-order valence-corrected chi connectivity index (χ4v) is 2.59. The van der Waals surface area contributed by atoms with Crippen LogP contribution in [0.3, 0.4) is 0 Å². The topological polar surface area (TPSA) is 101 Å². The summed E-state index contributed by atoms with van der Waals surface area (Å²) in [6, 6.07) is 4.28. The van der Waals surface area contributed by atoms with Gasteiger partial charge in [-0.2, -0.15) is 5.26 Å². The quantitative estimate of drug-likeness (QED) is 0.466. The summed E-state index contributed by atoms with van der Waals surface area (Å²) in [7, 11) is 0. The highest BCUT2D eigenvalue weighted by Gasteiger charge is 2.34. The third-order valence-electron chi connectivity index (χ3n) is 3.48. The summed E-state index contributed by atoms with van der Waals surface area (Å²) >= 11 is 0. The molecule has 6 nitrogen and oxygen atoms in total. The van der Waals surface area contributed by atoms with Gasteiger partial charge in [0.1, 0.15) is 17.5 Å². The van der Waals surface area contributed by atoms with Crippen molar-refractivity contribution in [1.29, 1.82) is 5.26 Å². The maximum Gasteiger partial charge on any atom is 0.271 e. The number of rotatable bonds is 2. The van der Waals surface area contributed by atoms with Gasteiger partial charge < -0.3 is 0 Å². The fourth-order valence-electron chi connectivity index (χ4n) is 2.59. The second kappa shape index (κ2) is 5.21. The van der Waals surface area contributed by atoms with E-state index in [0.717, 1.165) is 6.07 Å². The zero-order chi connectivity index (χ0) is 14.9. The van der Waals surface area contributed by atoms with Crippen LogP contribution in [0, 0.1) is 28.4 Å². The fraction of sp³-hybridized carbons (Fsp3) is 0.357. The Morgan fingerprint density at radius 2 is 1.90 bits per heavy atom. The van der Waals surface area contributed by atoms with Gasteiger partial charge in [0.25, 0.3) is 5.69 Å². The van der Waals surface area contributed by atoms with E-state index < -0.39 is 10.8 Å². The molecule has 0 aromatic heterocycles. The van der Waals surface area contributed by atoms with Crippen LogP contribution in [0.25, 0.3) is 0 Å². The Kier molecular flexibility index (Phi) is 3.61. The molecular weight excluding hydrogens is 260 g/mol. The molecule has 1 fully saturated rings. The molecule has 0 amide bonds. The highest BCUT2D eigenvalue weighted by atomic mass is 16.6. The number of nitro groups is 1. The van der Waals surface area contributed by atoms with Gasteiger partial charge >= 0.3 is 0 Å². The van der Waals surface area contributed by atoms with Crippen LogP contribution in [-0.4, -0.2) is 16.5 Å². The molecule has 0 bridgehead atoms. The van der Waals surface area contributed by atoms with Gasteiger partial charge in [0.05, 0.1) is 16.6 Å². The van der Waals surface area contributed by atoms with Gasteiger partial charge in [-0.3, -0.25) is 19.7 Å². The minimum atomic E-state index is -0.945. The van der Waals surface area contributed by atoms with Crippen LogP contribution in [0.15, 0.2) is 12.1 Å². The Labute approximate surface area is 115 Å². The summed E-state index contributed by atoms with van der Waals surface area (Å²) in [6.45, 7) is 1.58. The number of ketones is 2. The smallest absolute Gasteiger partial charge is 0.271 e. The Hall–Kier alpha value is -2.55. The molecule has 6 heteroatoms. The first-order valence-electron chi connectivity index (χ1n) is 6.20. The Morgan fingerprint density at radius 3 is 2.40 bits per heavy atom. The lowest BCUT2D eigenvalue weighted by atomic mass is 9.78. The number of nitriles is 1. The lowest BCUT2D eigenvalue weighted by molar-refractivity contribution is -0.384. The molecule has 20 heavy (non-hydrogen) atoms. The van der Waals surface area contributed by atoms with Gasteiger partial charge in [0, 0.05) is 25.0 Å². The number of Topliss-reactive ketones (excluding diaryl/α,β-unsaturated/α-hetero) is 2. The molecule has 0 heterocycles. The number of nitrogens with zero attached hydrogens (tertiary/aromatic N) is 2. The molecule has 2 rings (SSSR count). The summed E-state index contributed by atoms with van der Waals surface area (Å²) in [6.07, 6.45) is 1.14. The number of carbonyl (C=O) groups excluding carboxylic acids is 2. The minimum Gasteiger partial charge on any atom is -0.299 e. The number of nitro benzene ring substituents is 1. The van der Waals surface area contributed by atoms with Crippen molar-refractivity contribution in [3.8, 4) is 6.07 Å². The van der Waals surface area contributed by atoms with E-state index in [-0.39, 0.29) is 22.8 Å². The minimum absolute atomic E-state index is 0.0327. The van der Waals surface area contributed by atoms with E-state index in [2.05, 4.69) is 0 Å². The normalized spacial score (nSPS) is 16.0. The molecule has 1 aliphatic rings. The lowest BCUT2D eigenvalue weighted by Crippen LogP contribution is -2.28. The summed E-state index contributed by atoms with van der Waals surface area (Å²) in [5.74, 6) is -1.37. The summed E-state index contributed by atoms with van der Waals surface area (Å²) < 4.78 is 0. The number of aryl methyl sites for hydroxylation is 1. The molecule has 0 N–H and O–H groups in total. The Morgan fingerprint density at radius 1 is 1.30 bits per heavy atom. The first-order valence-corrected chi connectivity index (χ1v) is 6.20. The predicted molar refractivity (Wildman–Crippen MR) is 69.2 cm³/mol. The van der Waals surface area contributed by atoms with E-state index in [1.807, 2.05) is 6.07 Å². The maximum absolute atomic E-state index is 12.0. The van der Waals surface area contributed by atoms with E-state index in [9.17, 15) is 19.7 Å². The second-order valence-corrected chi connectivity index (χ2v) is 4.81.